The Morgan fingerprint density at radius 3 is 2.56 bits per heavy atom. The summed E-state index contributed by atoms with van der Waals surface area (Å²) in [4.78, 5) is 7.02. The van der Waals surface area contributed by atoms with Crippen LogP contribution in [0.1, 0.15) is 31.4 Å². The molecule has 0 unspecified atom stereocenters. The molecular formula is C12H17N3S. The molecule has 0 amide bonds. The molecule has 0 atom stereocenters. The van der Waals surface area contributed by atoms with E-state index in [-0.39, 0.29) is 0 Å². The van der Waals surface area contributed by atoms with Crippen molar-refractivity contribution < 1.29 is 0 Å². The predicted molar refractivity (Wildman–Crippen MR) is 70.8 cm³/mol. The van der Waals surface area contributed by atoms with Crippen LogP contribution in [0.15, 0.2) is 18.3 Å². The van der Waals surface area contributed by atoms with Crippen molar-refractivity contribution in [1.29, 1.82) is 0 Å². The van der Waals surface area contributed by atoms with Gasteiger partial charge in [0.1, 0.15) is 10.7 Å². The van der Waals surface area contributed by atoms with Crippen LogP contribution in [-0.4, -0.2) is 23.1 Å². The van der Waals surface area contributed by atoms with Crippen LogP contribution in [0.2, 0.25) is 0 Å². The summed E-state index contributed by atoms with van der Waals surface area (Å²) in [6, 6.07) is 4.01. The first-order valence-corrected chi connectivity index (χ1v) is 6.19. The first-order chi connectivity index (χ1) is 7.79. The molecule has 86 valence electrons. The van der Waals surface area contributed by atoms with Crippen molar-refractivity contribution in [2.45, 2.75) is 25.7 Å². The Morgan fingerprint density at radius 1 is 1.25 bits per heavy atom. The van der Waals surface area contributed by atoms with Gasteiger partial charge in [-0.2, -0.15) is 0 Å². The van der Waals surface area contributed by atoms with Crippen LogP contribution in [0.5, 0.6) is 0 Å². The molecule has 0 radical (unpaired) electrons. The molecular weight excluding hydrogens is 218 g/mol. The van der Waals surface area contributed by atoms with Gasteiger partial charge in [-0.1, -0.05) is 25.1 Å². The van der Waals surface area contributed by atoms with Gasteiger partial charge >= 0.3 is 0 Å². The normalized spacial score (nSPS) is 16.9. The van der Waals surface area contributed by atoms with E-state index in [9.17, 15) is 0 Å². The molecule has 1 aliphatic rings. The Balaban J connectivity index is 2.27. The highest BCUT2D eigenvalue weighted by molar-refractivity contribution is 7.80. The molecule has 1 saturated heterocycles. The molecule has 2 heterocycles. The molecule has 0 spiro atoms. The van der Waals surface area contributed by atoms with Crippen LogP contribution in [0.4, 0.5) is 5.69 Å². The summed E-state index contributed by atoms with van der Waals surface area (Å²) in [5.41, 5.74) is 7.56. The average Bonchev–Trinajstić information content (AvgIpc) is 2.57. The number of aromatic nitrogens is 1. The second-order valence-corrected chi connectivity index (χ2v) is 4.58. The lowest BCUT2D eigenvalue weighted by Gasteiger charge is -2.24. The fourth-order valence-corrected chi connectivity index (χ4v) is 2.31. The molecule has 3 nitrogen and oxygen atoms in total. The van der Waals surface area contributed by atoms with E-state index >= 15 is 0 Å². The van der Waals surface area contributed by atoms with Crippen LogP contribution < -0.4 is 10.6 Å². The Labute approximate surface area is 102 Å². The maximum atomic E-state index is 5.70. The Morgan fingerprint density at radius 2 is 1.94 bits per heavy atom. The van der Waals surface area contributed by atoms with Gasteiger partial charge in [0, 0.05) is 19.3 Å². The number of hydrogen-bond donors (Lipinski definition) is 1. The molecule has 0 saturated carbocycles. The lowest BCUT2D eigenvalue weighted by molar-refractivity contribution is 0.726. The number of anilines is 1. The highest BCUT2D eigenvalue weighted by Crippen LogP contribution is 2.22. The van der Waals surface area contributed by atoms with Crippen molar-refractivity contribution in [1.82, 2.24) is 4.98 Å². The van der Waals surface area contributed by atoms with Gasteiger partial charge in [0.05, 0.1) is 5.69 Å². The molecule has 1 aromatic rings. The largest absolute Gasteiger partial charge is 0.388 e. The molecule has 1 aliphatic heterocycles. The average molecular weight is 235 g/mol. The van der Waals surface area contributed by atoms with E-state index in [1.165, 1.54) is 25.7 Å². The molecule has 1 aromatic heterocycles. The smallest absolute Gasteiger partial charge is 0.124 e. The SMILES string of the molecule is NC(=S)c1ncccc1N1CCCCCC1. The zero-order valence-corrected chi connectivity index (χ0v) is 10.2. The highest BCUT2D eigenvalue weighted by Gasteiger charge is 2.15. The highest BCUT2D eigenvalue weighted by atomic mass is 32.1. The summed E-state index contributed by atoms with van der Waals surface area (Å²) >= 11 is 5.04. The van der Waals surface area contributed by atoms with E-state index in [1.54, 1.807) is 6.20 Å². The quantitative estimate of drug-likeness (QED) is 0.797. The third-order valence-corrected chi connectivity index (χ3v) is 3.16. The fraction of sp³-hybridized carbons (Fsp3) is 0.500. The molecule has 0 aliphatic carbocycles. The fourth-order valence-electron chi connectivity index (χ4n) is 2.15. The van der Waals surface area contributed by atoms with E-state index in [2.05, 4.69) is 16.0 Å². The number of nitrogens with zero attached hydrogens (tertiary/aromatic N) is 2. The van der Waals surface area contributed by atoms with Gasteiger partial charge in [0.15, 0.2) is 0 Å². The molecule has 1 fully saturated rings. The topological polar surface area (TPSA) is 42.1 Å². The van der Waals surface area contributed by atoms with Crippen LogP contribution >= 0.6 is 12.2 Å². The summed E-state index contributed by atoms with van der Waals surface area (Å²) in [5.74, 6) is 0. The van der Waals surface area contributed by atoms with Crippen molar-refractivity contribution in [2.75, 3.05) is 18.0 Å². The minimum Gasteiger partial charge on any atom is -0.388 e. The maximum Gasteiger partial charge on any atom is 0.124 e. The zero-order chi connectivity index (χ0) is 11.4. The molecule has 0 bridgehead atoms. The molecule has 2 rings (SSSR count). The number of pyridine rings is 1. The van der Waals surface area contributed by atoms with Crippen molar-refractivity contribution in [3.05, 3.63) is 24.0 Å². The first kappa shape index (κ1) is 11.3. The van der Waals surface area contributed by atoms with Crippen molar-refractivity contribution >= 4 is 22.9 Å². The van der Waals surface area contributed by atoms with Crippen LogP contribution in [-0.2, 0) is 0 Å². The van der Waals surface area contributed by atoms with E-state index in [0.717, 1.165) is 24.5 Å². The molecule has 0 aromatic carbocycles. The molecule has 4 heteroatoms. The second-order valence-electron chi connectivity index (χ2n) is 4.14. The van der Waals surface area contributed by atoms with Gasteiger partial charge in [-0.3, -0.25) is 4.98 Å². The summed E-state index contributed by atoms with van der Waals surface area (Å²) in [6.07, 6.45) is 6.87. The van der Waals surface area contributed by atoms with Crippen LogP contribution in [0, 0.1) is 0 Å². The number of hydrogen-bond acceptors (Lipinski definition) is 3. The van der Waals surface area contributed by atoms with Gasteiger partial charge in [-0.05, 0) is 25.0 Å². The Kier molecular flexibility index (Phi) is 3.72. The van der Waals surface area contributed by atoms with Crippen LogP contribution in [0.25, 0.3) is 0 Å². The summed E-state index contributed by atoms with van der Waals surface area (Å²) in [5, 5.41) is 0. The summed E-state index contributed by atoms with van der Waals surface area (Å²) < 4.78 is 0. The van der Waals surface area contributed by atoms with Gasteiger partial charge in [0.25, 0.3) is 0 Å². The number of rotatable bonds is 2. The lowest BCUT2D eigenvalue weighted by Crippen LogP contribution is -2.27. The van der Waals surface area contributed by atoms with Crippen molar-refractivity contribution in [3.63, 3.8) is 0 Å². The van der Waals surface area contributed by atoms with Gasteiger partial charge in [-0.15, -0.1) is 0 Å². The molecule has 2 N–H and O–H groups in total. The van der Waals surface area contributed by atoms with E-state index in [4.69, 9.17) is 18.0 Å². The van der Waals surface area contributed by atoms with Gasteiger partial charge in [-0.25, -0.2) is 0 Å². The second kappa shape index (κ2) is 5.25. The minimum atomic E-state index is 0.389. The standard InChI is InChI=1S/C12H17N3S/c13-12(16)11-10(6-5-7-14-11)15-8-3-1-2-4-9-15/h5-7H,1-4,8-9H2,(H2,13,16). The van der Waals surface area contributed by atoms with Gasteiger partial charge < -0.3 is 10.6 Å². The van der Waals surface area contributed by atoms with Gasteiger partial charge in [0.2, 0.25) is 0 Å². The third kappa shape index (κ3) is 2.50. The van der Waals surface area contributed by atoms with Crippen molar-refractivity contribution in [3.8, 4) is 0 Å². The molecule has 16 heavy (non-hydrogen) atoms. The summed E-state index contributed by atoms with van der Waals surface area (Å²) in [6.45, 7) is 2.17. The number of thiocarbonyl (C=S) groups is 1. The van der Waals surface area contributed by atoms with E-state index < -0.39 is 0 Å². The number of nitrogens with two attached hydrogens (primary N) is 1. The van der Waals surface area contributed by atoms with E-state index in [0.29, 0.717) is 4.99 Å². The van der Waals surface area contributed by atoms with Crippen molar-refractivity contribution in [2.24, 2.45) is 5.73 Å². The third-order valence-electron chi connectivity index (χ3n) is 2.97. The first-order valence-electron chi connectivity index (χ1n) is 5.79. The maximum absolute atomic E-state index is 5.70. The monoisotopic (exact) mass is 235 g/mol. The minimum absolute atomic E-state index is 0.389. The zero-order valence-electron chi connectivity index (χ0n) is 9.35. The van der Waals surface area contributed by atoms with Crippen LogP contribution in [0.3, 0.4) is 0 Å². The van der Waals surface area contributed by atoms with E-state index in [1.807, 2.05) is 6.07 Å². The Bertz CT molecular complexity index is 370. The summed E-state index contributed by atoms with van der Waals surface area (Å²) in [7, 11) is 0. The Hall–Kier alpha value is -1.16. The predicted octanol–water partition coefficient (Wildman–Crippen LogP) is 2.10. The lowest BCUT2D eigenvalue weighted by atomic mass is 10.2.